The molecule has 70 valence electrons. The van der Waals surface area contributed by atoms with Crippen LogP contribution < -0.4 is 4.90 Å². The van der Waals surface area contributed by atoms with Crippen molar-refractivity contribution in [2.45, 2.75) is 6.42 Å². The first-order chi connectivity index (χ1) is 6.15. The van der Waals surface area contributed by atoms with E-state index in [1.807, 2.05) is 31.1 Å². The van der Waals surface area contributed by atoms with E-state index in [2.05, 4.69) is 6.58 Å². The van der Waals surface area contributed by atoms with E-state index in [9.17, 15) is 5.11 Å². The highest BCUT2D eigenvalue weighted by atomic mass is 16.3. The van der Waals surface area contributed by atoms with E-state index >= 15 is 0 Å². The van der Waals surface area contributed by atoms with Gasteiger partial charge in [-0.05, 0) is 18.1 Å². The third-order valence-electron chi connectivity index (χ3n) is 1.91. The minimum absolute atomic E-state index is 0.302. The number of anilines is 1. The van der Waals surface area contributed by atoms with E-state index in [1.54, 1.807) is 12.1 Å². The van der Waals surface area contributed by atoms with Crippen molar-refractivity contribution in [3.63, 3.8) is 0 Å². The van der Waals surface area contributed by atoms with E-state index < -0.39 is 0 Å². The fraction of sp³-hybridized carbons (Fsp3) is 0.273. The average molecular weight is 177 g/mol. The summed E-state index contributed by atoms with van der Waals surface area (Å²) in [6.07, 6.45) is 2.69. The smallest absolute Gasteiger partial charge is 0.117 e. The number of aromatic hydroxyl groups is 1. The van der Waals surface area contributed by atoms with Crippen LogP contribution in [0.15, 0.2) is 30.9 Å². The maximum absolute atomic E-state index is 9.30. The fourth-order valence-electron chi connectivity index (χ4n) is 1.30. The van der Waals surface area contributed by atoms with Gasteiger partial charge in [0.2, 0.25) is 0 Å². The monoisotopic (exact) mass is 177 g/mol. The summed E-state index contributed by atoms with van der Waals surface area (Å²) in [7, 11) is 3.92. The first-order valence-electron chi connectivity index (χ1n) is 4.25. The Morgan fingerprint density at radius 3 is 2.69 bits per heavy atom. The first kappa shape index (κ1) is 9.65. The number of phenolic OH excluding ortho intramolecular Hbond substituents is 1. The lowest BCUT2D eigenvalue weighted by Gasteiger charge is -2.16. The number of hydrogen-bond acceptors (Lipinski definition) is 2. The molecule has 13 heavy (non-hydrogen) atoms. The molecule has 1 aromatic carbocycles. The lowest BCUT2D eigenvalue weighted by Crippen LogP contribution is -2.10. The number of nitrogens with zero attached hydrogens (tertiary/aromatic N) is 1. The maximum Gasteiger partial charge on any atom is 0.117 e. The predicted octanol–water partition coefficient (Wildman–Crippen LogP) is 2.19. The molecule has 0 saturated heterocycles. The lowest BCUT2D eigenvalue weighted by molar-refractivity contribution is 0.475. The third kappa shape index (κ3) is 2.25. The molecule has 0 unspecified atom stereocenters. The first-order valence-corrected chi connectivity index (χ1v) is 4.25. The molecule has 0 heterocycles. The Labute approximate surface area is 79.1 Å². The molecule has 0 fully saturated rings. The van der Waals surface area contributed by atoms with Gasteiger partial charge in [0.1, 0.15) is 5.75 Å². The molecule has 0 amide bonds. The summed E-state index contributed by atoms with van der Waals surface area (Å²) in [5.41, 5.74) is 2.22. The number of phenols is 1. The Hall–Kier alpha value is -1.44. The minimum atomic E-state index is 0.302. The van der Waals surface area contributed by atoms with E-state index in [0.29, 0.717) is 5.75 Å². The molecule has 0 aliphatic heterocycles. The Kier molecular flexibility index (Phi) is 2.96. The van der Waals surface area contributed by atoms with Gasteiger partial charge in [0, 0.05) is 25.8 Å². The second-order valence-corrected chi connectivity index (χ2v) is 3.20. The van der Waals surface area contributed by atoms with Crippen molar-refractivity contribution >= 4 is 5.69 Å². The van der Waals surface area contributed by atoms with E-state index in [4.69, 9.17) is 0 Å². The zero-order valence-electron chi connectivity index (χ0n) is 8.12. The highest BCUT2D eigenvalue weighted by molar-refractivity contribution is 5.56. The molecule has 1 N–H and O–H groups in total. The Bertz CT molecular complexity index is 305. The molecule has 0 aromatic heterocycles. The van der Waals surface area contributed by atoms with Crippen LogP contribution in [0.2, 0.25) is 0 Å². The van der Waals surface area contributed by atoms with Gasteiger partial charge in [0.15, 0.2) is 0 Å². The van der Waals surface area contributed by atoms with Crippen LogP contribution in [0.1, 0.15) is 5.56 Å². The van der Waals surface area contributed by atoms with Gasteiger partial charge in [-0.2, -0.15) is 0 Å². The Balaban J connectivity index is 3.10. The molecule has 1 aromatic rings. The Morgan fingerprint density at radius 1 is 1.46 bits per heavy atom. The standard InChI is InChI=1S/C11H15NO/c1-4-5-9-6-7-10(13)8-11(9)12(2)3/h4,6-8,13H,1,5H2,2-3H3. The van der Waals surface area contributed by atoms with Gasteiger partial charge >= 0.3 is 0 Å². The molecule has 0 spiro atoms. The van der Waals surface area contributed by atoms with Gasteiger partial charge in [0.05, 0.1) is 0 Å². The van der Waals surface area contributed by atoms with Gasteiger partial charge in [-0.1, -0.05) is 12.1 Å². The van der Waals surface area contributed by atoms with Gasteiger partial charge in [0.25, 0.3) is 0 Å². The zero-order valence-corrected chi connectivity index (χ0v) is 8.12. The summed E-state index contributed by atoms with van der Waals surface area (Å²) < 4.78 is 0. The fourth-order valence-corrected chi connectivity index (χ4v) is 1.30. The van der Waals surface area contributed by atoms with Crippen molar-refractivity contribution in [1.82, 2.24) is 0 Å². The number of rotatable bonds is 3. The van der Waals surface area contributed by atoms with Crippen LogP contribution in [0.25, 0.3) is 0 Å². The SMILES string of the molecule is C=CCc1ccc(O)cc1N(C)C. The van der Waals surface area contributed by atoms with Crippen LogP contribution in [0.5, 0.6) is 5.75 Å². The van der Waals surface area contributed by atoms with E-state index in [-0.39, 0.29) is 0 Å². The lowest BCUT2D eigenvalue weighted by atomic mass is 10.1. The summed E-state index contributed by atoms with van der Waals surface area (Å²) in [5, 5.41) is 9.30. The van der Waals surface area contributed by atoms with Gasteiger partial charge in [-0.15, -0.1) is 6.58 Å². The molecule has 1 rings (SSSR count). The third-order valence-corrected chi connectivity index (χ3v) is 1.91. The highest BCUT2D eigenvalue weighted by Crippen LogP contribution is 2.24. The van der Waals surface area contributed by atoms with Crippen LogP contribution in [0, 0.1) is 0 Å². The second-order valence-electron chi connectivity index (χ2n) is 3.20. The molecule has 2 heteroatoms. The summed E-state index contributed by atoms with van der Waals surface area (Å²) in [5.74, 6) is 0.302. The van der Waals surface area contributed by atoms with Gasteiger partial charge in [-0.25, -0.2) is 0 Å². The van der Waals surface area contributed by atoms with Crippen molar-refractivity contribution in [2.24, 2.45) is 0 Å². The predicted molar refractivity (Wildman–Crippen MR) is 56.3 cm³/mol. The van der Waals surface area contributed by atoms with Crippen LogP contribution in [0.4, 0.5) is 5.69 Å². The van der Waals surface area contributed by atoms with Crippen molar-refractivity contribution in [3.05, 3.63) is 36.4 Å². The summed E-state index contributed by atoms with van der Waals surface area (Å²) in [4.78, 5) is 1.98. The number of allylic oxidation sites excluding steroid dienone is 1. The topological polar surface area (TPSA) is 23.5 Å². The van der Waals surface area contributed by atoms with Crippen molar-refractivity contribution in [3.8, 4) is 5.75 Å². The minimum Gasteiger partial charge on any atom is -0.508 e. The summed E-state index contributed by atoms with van der Waals surface area (Å²) >= 11 is 0. The largest absolute Gasteiger partial charge is 0.508 e. The van der Waals surface area contributed by atoms with Crippen molar-refractivity contribution < 1.29 is 5.11 Å². The van der Waals surface area contributed by atoms with E-state index in [0.717, 1.165) is 12.1 Å². The molecular weight excluding hydrogens is 162 g/mol. The average Bonchev–Trinajstić information content (AvgIpc) is 2.08. The van der Waals surface area contributed by atoms with Gasteiger partial charge in [-0.3, -0.25) is 0 Å². The molecule has 0 saturated carbocycles. The number of hydrogen-bond donors (Lipinski definition) is 1. The maximum atomic E-state index is 9.30. The summed E-state index contributed by atoms with van der Waals surface area (Å²) in [6.45, 7) is 3.70. The highest BCUT2D eigenvalue weighted by Gasteiger charge is 2.03. The Morgan fingerprint density at radius 2 is 2.15 bits per heavy atom. The molecule has 0 aliphatic carbocycles. The molecule has 0 aliphatic rings. The zero-order chi connectivity index (χ0) is 9.84. The van der Waals surface area contributed by atoms with Gasteiger partial charge < -0.3 is 10.0 Å². The molecule has 0 atom stereocenters. The quantitative estimate of drug-likeness (QED) is 0.715. The summed E-state index contributed by atoms with van der Waals surface area (Å²) in [6, 6.07) is 5.39. The molecule has 2 nitrogen and oxygen atoms in total. The molecule has 0 bridgehead atoms. The van der Waals surface area contributed by atoms with Crippen LogP contribution in [0.3, 0.4) is 0 Å². The normalized spacial score (nSPS) is 9.69. The van der Waals surface area contributed by atoms with Crippen molar-refractivity contribution in [1.29, 1.82) is 0 Å². The van der Waals surface area contributed by atoms with Crippen molar-refractivity contribution in [2.75, 3.05) is 19.0 Å². The second kappa shape index (κ2) is 3.99. The van der Waals surface area contributed by atoms with E-state index in [1.165, 1.54) is 5.56 Å². The van der Waals surface area contributed by atoms with Crippen LogP contribution in [-0.2, 0) is 6.42 Å². The molecule has 0 radical (unpaired) electrons. The van der Waals surface area contributed by atoms with Crippen LogP contribution >= 0.6 is 0 Å². The number of benzene rings is 1. The molecular formula is C11H15NO. The van der Waals surface area contributed by atoms with Crippen LogP contribution in [-0.4, -0.2) is 19.2 Å².